The van der Waals surface area contributed by atoms with Crippen molar-refractivity contribution in [3.63, 3.8) is 0 Å². The maximum absolute atomic E-state index is 11.5. The average Bonchev–Trinajstić information content (AvgIpc) is 1.87. The molecule has 1 heteroatoms. The van der Waals surface area contributed by atoms with Gasteiger partial charge in [0.25, 0.3) is 0 Å². The highest BCUT2D eigenvalue weighted by Crippen LogP contribution is 2.40. The van der Waals surface area contributed by atoms with Crippen molar-refractivity contribution in [1.29, 1.82) is 0 Å². The van der Waals surface area contributed by atoms with E-state index in [0.29, 0.717) is 5.78 Å². The highest BCUT2D eigenvalue weighted by Gasteiger charge is 2.32. The molecule has 0 N–H and O–H groups in total. The van der Waals surface area contributed by atoms with Gasteiger partial charge in [-0.15, -0.1) is 0 Å². The Hall–Kier alpha value is -0.330. The lowest BCUT2D eigenvalue weighted by Gasteiger charge is -2.23. The maximum atomic E-state index is 11.5. The Labute approximate surface area is 75.5 Å². The lowest BCUT2D eigenvalue weighted by Crippen LogP contribution is -2.14. The smallest absolute Gasteiger partial charge is 0.133 e. The maximum Gasteiger partial charge on any atom is 0.133 e. The van der Waals surface area contributed by atoms with Crippen molar-refractivity contribution in [1.82, 2.24) is 0 Å². The van der Waals surface area contributed by atoms with Gasteiger partial charge < -0.3 is 0 Å². The Balaban J connectivity index is 2.72. The van der Waals surface area contributed by atoms with Gasteiger partial charge >= 0.3 is 0 Å². The molecule has 1 rings (SSSR count). The van der Waals surface area contributed by atoms with Gasteiger partial charge in [0.1, 0.15) is 5.78 Å². The molecule has 0 heterocycles. The first-order valence-corrected chi connectivity index (χ1v) is 4.83. The van der Waals surface area contributed by atoms with Crippen LogP contribution in [0.5, 0.6) is 0 Å². The standard InChI is InChI=1S/C11H20O/c1-10(2)5-6-11(3,4)8-9(12)7-10/h5-8H2,1-4H3. The first-order valence-electron chi connectivity index (χ1n) is 4.83. The SMILES string of the molecule is CC1(C)CCC(C)(C)CC(=O)C1. The molecule has 0 aromatic rings. The average molecular weight is 168 g/mol. The molecule has 1 fully saturated rings. The summed E-state index contributed by atoms with van der Waals surface area (Å²) in [4.78, 5) is 11.5. The zero-order valence-corrected chi connectivity index (χ0v) is 8.74. The summed E-state index contributed by atoms with van der Waals surface area (Å²) >= 11 is 0. The third-order valence-corrected chi connectivity index (χ3v) is 2.83. The van der Waals surface area contributed by atoms with Crippen LogP contribution in [0.1, 0.15) is 53.4 Å². The van der Waals surface area contributed by atoms with Gasteiger partial charge in [0.05, 0.1) is 0 Å². The van der Waals surface area contributed by atoms with Crippen LogP contribution in [-0.4, -0.2) is 5.78 Å². The highest BCUT2D eigenvalue weighted by molar-refractivity contribution is 5.80. The van der Waals surface area contributed by atoms with Crippen LogP contribution in [0, 0.1) is 10.8 Å². The lowest BCUT2D eigenvalue weighted by molar-refractivity contribution is -0.121. The van der Waals surface area contributed by atoms with Crippen LogP contribution in [0.4, 0.5) is 0 Å². The van der Waals surface area contributed by atoms with Crippen LogP contribution in [0.15, 0.2) is 0 Å². The minimum Gasteiger partial charge on any atom is -0.300 e. The third-order valence-electron chi connectivity index (χ3n) is 2.83. The van der Waals surface area contributed by atoms with Crippen molar-refractivity contribution >= 4 is 5.78 Å². The topological polar surface area (TPSA) is 17.1 Å². The van der Waals surface area contributed by atoms with Gasteiger partial charge in [0.2, 0.25) is 0 Å². The zero-order chi connectivity index (χ0) is 9.41. The minimum absolute atomic E-state index is 0.241. The van der Waals surface area contributed by atoms with E-state index < -0.39 is 0 Å². The van der Waals surface area contributed by atoms with E-state index in [4.69, 9.17) is 0 Å². The molecule has 0 bridgehead atoms. The van der Waals surface area contributed by atoms with E-state index in [1.807, 2.05) is 0 Å². The summed E-state index contributed by atoms with van der Waals surface area (Å²) in [6, 6.07) is 0. The predicted octanol–water partition coefficient (Wildman–Crippen LogP) is 3.18. The number of carbonyl (C=O) groups excluding carboxylic acids is 1. The van der Waals surface area contributed by atoms with Gasteiger partial charge in [-0.05, 0) is 23.7 Å². The summed E-state index contributed by atoms with van der Waals surface area (Å²) in [6.07, 6.45) is 3.92. The van der Waals surface area contributed by atoms with E-state index in [1.165, 1.54) is 12.8 Å². The van der Waals surface area contributed by atoms with Crippen molar-refractivity contribution in [3.8, 4) is 0 Å². The molecule has 1 nitrogen and oxygen atoms in total. The van der Waals surface area contributed by atoms with E-state index in [1.54, 1.807) is 0 Å². The monoisotopic (exact) mass is 168 g/mol. The van der Waals surface area contributed by atoms with Crippen LogP contribution in [-0.2, 0) is 4.79 Å². The second-order valence-electron chi connectivity index (χ2n) is 5.72. The van der Waals surface area contributed by atoms with Crippen molar-refractivity contribution < 1.29 is 4.79 Å². The molecule has 0 aliphatic heterocycles. The highest BCUT2D eigenvalue weighted by atomic mass is 16.1. The molecule has 0 aromatic carbocycles. The predicted molar refractivity (Wildman–Crippen MR) is 51.0 cm³/mol. The molecule has 70 valence electrons. The summed E-state index contributed by atoms with van der Waals surface area (Å²) in [7, 11) is 0. The van der Waals surface area contributed by atoms with Gasteiger partial charge in [-0.1, -0.05) is 27.7 Å². The molecular weight excluding hydrogens is 148 g/mol. The van der Waals surface area contributed by atoms with Crippen LogP contribution < -0.4 is 0 Å². The normalized spacial score (nSPS) is 28.2. The number of ketones is 1. The van der Waals surface area contributed by atoms with E-state index >= 15 is 0 Å². The second-order valence-corrected chi connectivity index (χ2v) is 5.72. The van der Waals surface area contributed by atoms with Gasteiger partial charge in [0, 0.05) is 12.8 Å². The minimum atomic E-state index is 0.241. The Kier molecular flexibility index (Phi) is 2.33. The number of hydrogen-bond donors (Lipinski definition) is 0. The first-order chi connectivity index (χ1) is 5.31. The van der Waals surface area contributed by atoms with Crippen LogP contribution in [0.3, 0.4) is 0 Å². The summed E-state index contributed by atoms with van der Waals surface area (Å²) < 4.78 is 0. The summed E-state index contributed by atoms with van der Waals surface area (Å²) in [5.41, 5.74) is 0.482. The van der Waals surface area contributed by atoms with E-state index in [2.05, 4.69) is 27.7 Å². The zero-order valence-electron chi connectivity index (χ0n) is 8.74. The Bertz CT molecular complexity index is 169. The number of carbonyl (C=O) groups is 1. The Morgan fingerprint density at radius 1 is 0.917 bits per heavy atom. The number of hydrogen-bond acceptors (Lipinski definition) is 1. The molecular formula is C11H20O. The molecule has 0 amide bonds. The van der Waals surface area contributed by atoms with Crippen LogP contribution >= 0.6 is 0 Å². The molecule has 0 spiro atoms. The van der Waals surface area contributed by atoms with Crippen LogP contribution in [0.25, 0.3) is 0 Å². The van der Waals surface area contributed by atoms with Gasteiger partial charge in [-0.25, -0.2) is 0 Å². The molecule has 0 unspecified atom stereocenters. The van der Waals surface area contributed by atoms with Crippen LogP contribution in [0.2, 0.25) is 0 Å². The third kappa shape index (κ3) is 2.62. The lowest BCUT2D eigenvalue weighted by atomic mass is 9.81. The van der Waals surface area contributed by atoms with Crippen molar-refractivity contribution in [2.45, 2.75) is 53.4 Å². The molecule has 12 heavy (non-hydrogen) atoms. The van der Waals surface area contributed by atoms with E-state index in [-0.39, 0.29) is 10.8 Å². The van der Waals surface area contributed by atoms with E-state index in [0.717, 1.165) is 12.8 Å². The van der Waals surface area contributed by atoms with Crippen molar-refractivity contribution in [2.24, 2.45) is 10.8 Å². The quantitative estimate of drug-likeness (QED) is 0.508. The van der Waals surface area contributed by atoms with E-state index in [9.17, 15) is 4.79 Å². The fourth-order valence-corrected chi connectivity index (χ4v) is 1.98. The Morgan fingerprint density at radius 3 is 1.58 bits per heavy atom. The van der Waals surface area contributed by atoms with Crippen molar-refractivity contribution in [2.75, 3.05) is 0 Å². The number of Topliss-reactive ketones (excluding diaryl/α,β-unsaturated/α-hetero) is 1. The van der Waals surface area contributed by atoms with Gasteiger partial charge in [-0.3, -0.25) is 4.79 Å². The number of rotatable bonds is 0. The second kappa shape index (κ2) is 2.86. The molecule has 1 saturated carbocycles. The molecule has 0 aromatic heterocycles. The van der Waals surface area contributed by atoms with Crippen molar-refractivity contribution in [3.05, 3.63) is 0 Å². The first kappa shape index (κ1) is 9.76. The fourth-order valence-electron chi connectivity index (χ4n) is 1.98. The largest absolute Gasteiger partial charge is 0.300 e. The Morgan fingerprint density at radius 2 is 1.25 bits per heavy atom. The molecule has 1 aliphatic rings. The summed E-state index contributed by atoms with van der Waals surface area (Å²) in [5, 5.41) is 0. The summed E-state index contributed by atoms with van der Waals surface area (Å²) in [5.74, 6) is 0.447. The van der Waals surface area contributed by atoms with Gasteiger partial charge in [0.15, 0.2) is 0 Å². The molecule has 0 radical (unpaired) electrons. The molecule has 1 aliphatic carbocycles. The fraction of sp³-hybridized carbons (Fsp3) is 0.909. The molecule has 0 saturated heterocycles. The molecule has 0 atom stereocenters. The summed E-state index contributed by atoms with van der Waals surface area (Å²) in [6.45, 7) is 8.80. The van der Waals surface area contributed by atoms with Gasteiger partial charge in [-0.2, -0.15) is 0 Å².